The molecule has 0 saturated carbocycles. The van der Waals surface area contributed by atoms with E-state index in [9.17, 15) is 30.7 Å². The summed E-state index contributed by atoms with van der Waals surface area (Å²) in [4.78, 5) is 0. The van der Waals surface area contributed by atoms with Crippen LogP contribution in [0.25, 0.3) is 0 Å². The molecule has 0 aliphatic heterocycles. The van der Waals surface area contributed by atoms with Crippen molar-refractivity contribution in [1.29, 1.82) is 0 Å². The van der Waals surface area contributed by atoms with Gasteiger partial charge in [-0.15, -0.1) is 0 Å². The van der Waals surface area contributed by atoms with E-state index in [2.05, 4.69) is 0 Å². The van der Waals surface area contributed by atoms with Crippen LogP contribution in [0.5, 0.6) is 0 Å². The van der Waals surface area contributed by atoms with Gasteiger partial charge in [-0.3, -0.25) is 0 Å². The first kappa shape index (κ1) is 16.5. The monoisotopic (exact) mass is 268 g/mol. The summed E-state index contributed by atoms with van der Waals surface area (Å²) in [7, 11) is 0. The Hall–Kier alpha value is -0.490. The van der Waals surface area contributed by atoms with Crippen LogP contribution in [0.2, 0.25) is 0 Å². The molecule has 0 aliphatic carbocycles. The normalized spacial score (nSPS) is 22.9. The van der Waals surface area contributed by atoms with E-state index >= 15 is 0 Å². The minimum absolute atomic E-state index is 0.934. The Labute approximate surface area is 95.2 Å². The van der Waals surface area contributed by atoms with Crippen molar-refractivity contribution in [2.45, 2.75) is 50.9 Å². The van der Waals surface area contributed by atoms with Crippen LogP contribution < -0.4 is 0 Å². The SMILES string of the molecule is CC(C)C(F)C(F)C(F)C(F)C(F)C(F)CF. The van der Waals surface area contributed by atoms with Gasteiger partial charge in [-0.25, -0.2) is 30.7 Å². The summed E-state index contributed by atoms with van der Waals surface area (Å²) in [6, 6.07) is 0. The van der Waals surface area contributed by atoms with Crippen LogP contribution in [0, 0.1) is 5.92 Å². The quantitative estimate of drug-likeness (QED) is 0.618. The van der Waals surface area contributed by atoms with Crippen LogP contribution >= 0.6 is 0 Å². The van der Waals surface area contributed by atoms with Gasteiger partial charge in [0.05, 0.1) is 0 Å². The lowest BCUT2D eigenvalue weighted by molar-refractivity contribution is -0.0307. The first-order valence-electron chi connectivity index (χ1n) is 5.14. The zero-order chi connectivity index (χ0) is 13.7. The largest absolute Gasteiger partial charge is 0.248 e. The summed E-state index contributed by atoms with van der Waals surface area (Å²) >= 11 is 0. The van der Waals surface area contributed by atoms with Gasteiger partial charge in [0.15, 0.2) is 30.9 Å². The third-order valence-corrected chi connectivity index (χ3v) is 2.35. The second-order valence-electron chi connectivity index (χ2n) is 4.14. The lowest BCUT2D eigenvalue weighted by Gasteiger charge is -2.24. The summed E-state index contributed by atoms with van der Waals surface area (Å²) in [5.74, 6) is -0.934. The standard InChI is InChI=1S/C10H15F7/c1-4(2)6(13)8(15)10(17)9(16)7(14)5(12)3-11/h4-10H,3H2,1-2H3. The van der Waals surface area contributed by atoms with Gasteiger partial charge in [0.2, 0.25) is 0 Å². The smallest absolute Gasteiger partial charge is 0.168 e. The summed E-state index contributed by atoms with van der Waals surface area (Å²) in [6.45, 7) is 0.599. The number of halogens is 7. The number of hydrogen-bond donors (Lipinski definition) is 0. The molecule has 7 heteroatoms. The first-order chi connectivity index (χ1) is 7.73. The van der Waals surface area contributed by atoms with Crippen molar-refractivity contribution in [1.82, 2.24) is 0 Å². The maximum atomic E-state index is 13.0. The molecule has 0 fully saturated rings. The predicted octanol–water partition coefficient (Wildman–Crippen LogP) is 3.64. The van der Waals surface area contributed by atoms with Gasteiger partial charge in [0, 0.05) is 0 Å². The van der Waals surface area contributed by atoms with Crippen LogP contribution in [-0.2, 0) is 0 Å². The maximum Gasteiger partial charge on any atom is 0.168 e. The number of rotatable bonds is 7. The molecule has 0 aromatic carbocycles. The fraction of sp³-hybridized carbons (Fsp3) is 1.00. The van der Waals surface area contributed by atoms with Gasteiger partial charge < -0.3 is 0 Å². The van der Waals surface area contributed by atoms with Crippen molar-refractivity contribution in [2.24, 2.45) is 5.92 Å². The fourth-order valence-electron chi connectivity index (χ4n) is 1.18. The van der Waals surface area contributed by atoms with Gasteiger partial charge >= 0.3 is 0 Å². The van der Waals surface area contributed by atoms with E-state index in [1.807, 2.05) is 0 Å². The average Bonchev–Trinajstić information content (AvgIpc) is 2.32. The summed E-state index contributed by atoms with van der Waals surface area (Å²) in [5.41, 5.74) is 0. The molecule has 0 aliphatic rings. The van der Waals surface area contributed by atoms with Gasteiger partial charge in [-0.2, -0.15) is 0 Å². The number of alkyl halides is 7. The molecule has 0 nitrogen and oxygen atoms in total. The van der Waals surface area contributed by atoms with Crippen LogP contribution in [0.1, 0.15) is 13.8 Å². The third kappa shape index (κ3) is 4.35. The highest BCUT2D eigenvalue weighted by Gasteiger charge is 2.43. The number of hydrogen-bond acceptors (Lipinski definition) is 0. The predicted molar refractivity (Wildman–Crippen MR) is 50.2 cm³/mol. The zero-order valence-electron chi connectivity index (χ0n) is 9.39. The Morgan fingerprint density at radius 2 is 1.00 bits per heavy atom. The van der Waals surface area contributed by atoms with Crippen LogP contribution in [0.4, 0.5) is 30.7 Å². The van der Waals surface area contributed by atoms with E-state index in [4.69, 9.17) is 0 Å². The summed E-state index contributed by atoms with van der Waals surface area (Å²) < 4.78 is 88.8. The molecule has 0 radical (unpaired) electrons. The van der Waals surface area contributed by atoms with Crippen molar-refractivity contribution < 1.29 is 30.7 Å². The molecule has 104 valence electrons. The van der Waals surface area contributed by atoms with Crippen LogP contribution in [0.15, 0.2) is 0 Å². The van der Waals surface area contributed by atoms with E-state index in [1.54, 1.807) is 0 Å². The molecular weight excluding hydrogens is 253 g/mol. The first-order valence-corrected chi connectivity index (χ1v) is 5.14. The molecule has 0 spiro atoms. The Balaban J connectivity index is 4.53. The molecular formula is C10H15F7. The lowest BCUT2D eigenvalue weighted by atomic mass is 9.96. The summed E-state index contributed by atoms with van der Waals surface area (Å²) in [5, 5.41) is 0. The second-order valence-corrected chi connectivity index (χ2v) is 4.14. The maximum absolute atomic E-state index is 13.0. The Kier molecular flexibility index (Phi) is 6.85. The van der Waals surface area contributed by atoms with Gasteiger partial charge in [-0.1, -0.05) is 13.8 Å². The van der Waals surface area contributed by atoms with Gasteiger partial charge in [-0.05, 0) is 5.92 Å². The molecule has 0 saturated heterocycles. The van der Waals surface area contributed by atoms with Crippen LogP contribution in [0.3, 0.4) is 0 Å². The van der Waals surface area contributed by atoms with Crippen LogP contribution in [-0.4, -0.2) is 43.7 Å². The average molecular weight is 268 g/mol. The van der Waals surface area contributed by atoms with Crippen molar-refractivity contribution in [2.75, 3.05) is 6.67 Å². The molecule has 0 N–H and O–H groups in total. The molecule has 0 aromatic rings. The van der Waals surface area contributed by atoms with E-state index in [-0.39, 0.29) is 0 Å². The molecule has 0 rings (SSSR count). The van der Waals surface area contributed by atoms with E-state index < -0.39 is 49.6 Å². The Morgan fingerprint density at radius 3 is 1.35 bits per heavy atom. The third-order valence-electron chi connectivity index (χ3n) is 2.35. The molecule has 0 aromatic heterocycles. The molecule has 0 amide bonds. The minimum atomic E-state index is -3.23. The fourth-order valence-corrected chi connectivity index (χ4v) is 1.18. The van der Waals surface area contributed by atoms with E-state index in [0.29, 0.717) is 0 Å². The minimum Gasteiger partial charge on any atom is -0.248 e. The van der Waals surface area contributed by atoms with Crippen molar-refractivity contribution >= 4 is 0 Å². The molecule has 0 bridgehead atoms. The highest BCUT2D eigenvalue weighted by atomic mass is 19.2. The zero-order valence-corrected chi connectivity index (χ0v) is 9.39. The van der Waals surface area contributed by atoms with Crippen molar-refractivity contribution in [3.05, 3.63) is 0 Å². The molecule has 0 heterocycles. The van der Waals surface area contributed by atoms with Crippen molar-refractivity contribution in [3.8, 4) is 0 Å². The summed E-state index contributed by atoms with van der Waals surface area (Å²) in [6.07, 6.45) is -17.7. The highest BCUT2D eigenvalue weighted by molar-refractivity contribution is 4.89. The Morgan fingerprint density at radius 1 is 0.647 bits per heavy atom. The molecule has 6 unspecified atom stereocenters. The second kappa shape index (κ2) is 7.06. The highest BCUT2D eigenvalue weighted by Crippen LogP contribution is 2.26. The van der Waals surface area contributed by atoms with Gasteiger partial charge in [0.1, 0.15) is 12.8 Å². The molecule has 17 heavy (non-hydrogen) atoms. The van der Waals surface area contributed by atoms with E-state index in [0.717, 1.165) is 0 Å². The van der Waals surface area contributed by atoms with E-state index in [1.165, 1.54) is 13.8 Å². The van der Waals surface area contributed by atoms with Crippen molar-refractivity contribution in [3.63, 3.8) is 0 Å². The topological polar surface area (TPSA) is 0 Å². The lowest BCUT2D eigenvalue weighted by Crippen LogP contribution is -2.44. The van der Waals surface area contributed by atoms with Gasteiger partial charge in [0.25, 0.3) is 0 Å². The Bertz CT molecular complexity index is 211. The molecule has 6 atom stereocenters.